The van der Waals surface area contributed by atoms with Crippen molar-refractivity contribution in [1.29, 1.82) is 0 Å². The molecule has 19 heavy (non-hydrogen) atoms. The van der Waals surface area contributed by atoms with Crippen LogP contribution >= 0.6 is 11.3 Å². The van der Waals surface area contributed by atoms with Gasteiger partial charge in [0.1, 0.15) is 4.88 Å². The molecule has 0 radical (unpaired) electrons. The van der Waals surface area contributed by atoms with Gasteiger partial charge in [-0.1, -0.05) is 0 Å². The number of piperidine rings is 2. The van der Waals surface area contributed by atoms with Crippen molar-refractivity contribution in [3.05, 3.63) is 16.1 Å². The van der Waals surface area contributed by atoms with Crippen molar-refractivity contribution in [2.24, 2.45) is 5.41 Å². The molecule has 3 rings (SSSR count). The Bertz CT molecular complexity index is 460. The minimum absolute atomic E-state index is 0.176. The maximum absolute atomic E-state index is 12.5. The molecule has 1 aromatic heterocycles. The standard InChI is InChI=1S/C14H21N3OS/c1-11-16-8-12(19-11)13(18)17-7-3-5-14(10-17)4-2-6-15-9-14/h8,15H,2-7,9-10H2,1H3. The van der Waals surface area contributed by atoms with Gasteiger partial charge in [-0.25, -0.2) is 4.98 Å². The third-order valence-electron chi connectivity index (χ3n) is 4.34. The fourth-order valence-electron chi connectivity index (χ4n) is 3.38. The van der Waals surface area contributed by atoms with Gasteiger partial charge in [-0.3, -0.25) is 4.79 Å². The molecule has 0 bridgehead atoms. The van der Waals surface area contributed by atoms with E-state index in [0.717, 1.165) is 42.5 Å². The lowest BCUT2D eigenvalue weighted by Crippen LogP contribution is -2.52. The van der Waals surface area contributed by atoms with Gasteiger partial charge >= 0.3 is 0 Å². The van der Waals surface area contributed by atoms with Gasteiger partial charge in [0, 0.05) is 25.0 Å². The SMILES string of the molecule is Cc1ncc(C(=O)N2CCCC3(CCCNC3)C2)s1. The summed E-state index contributed by atoms with van der Waals surface area (Å²) in [6.07, 6.45) is 6.60. The molecular formula is C14H21N3OS. The molecule has 2 saturated heterocycles. The van der Waals surface area contributed by atoms with Crippen LogP contribution in [-0.4, -0.2) is 42.0 Å². The fraction of sp³-hybridized carbons (Fsp3) is 0.714. The summed E-state index contributed by atoms with van der Waals surface area (Å²) in [5, 5.41) is 4.47. The van der Waals surface area contributed by atoms with Crippen molar-refractivity contribution < 1.29 is 4.79 Å². The van der Waals surface area contributed by atoms with Crippen LogP contribution in [0.1, 0.15) is 40.4 Å². The van der Waals surface area contributed by atoms with E-state index in [0.29, 0.717) is 5.41 Å². The number of thiazole rings is 1. The van der Waals surface area contributed by atoms with E-state index in [4.69, 9.17) is 0 Å². The number of rotatable bonds is 1. The summed E-state index contributed by atoms with van der Waals surface area (Å²) in [5.74, 6) is 0.176. The Kier molecular flexibility index (Phi) is 3.58. The van der Waals surface area contributed by atoms with E-state index in [1.54, 1.807) is 6.20 Å². The first-order chi connectivity index (χ1) is 9.19. The van der Waals surface area contributed by atoms with Gasteiger partial charge in [-0.2, -0.15) is 0 Å². The highest BCUT2D eigenvalue weighted by Gasteiger charge is 2.38. The summed E-state index contributed by atoms with van der Waals surface area (Å²) in [5.41, 5.74) is 0.325. The van der Waals surface area contributed by atoms with Crippen LogP contribution < -0.4 is 5.32 Å². The third kappa shape index (κ3) is 2.67. The summed E-state index contributed by atoms with van der Waals surface area (Å²) in [4.78, 5) is 19.5. The largest absolute Gasteiger partial charge is 0.337 e. The molecule has 2 fully saturated rings. The van der Waals surface area contributed by atoms with Gasteiger partial charge in [0.05, 0.1) is 11.2 Å². The van der Waals surface area contributed by atoms with E-state index in [1.165, 1.54) is 30.6 Å². The van der Waals surface area contributed by atoms with Crippen molar-refractivity contribution >= 4 is 17.2 Å². The van der Waals surface area contributed by atoms with Crippen LogP contribution in [0.2, 0.25) is 0 Å². The summed E-state index contributed by atoms with van der Waals surface area (Å²) < 4.78 is 0. The fourth-order valence-corrected chi connectivity index (χ4v) is 4.12. The van der Waals surface area contributed by atoms with Crippen molar-refractivity contribution in [3.8, 4) is 0 Å². The van der Waals surface area contributed by atoms with Gasteiger partial charge in [0.15, 0.2) is 0 Å². The highest BCUT2D eigenvalue weighted by molar-refractivity contribution is 7.13. The average Bonchev–Trinajstić information content (AvgIpc) is 2.85. The van der Waals surface area contributed by atoms with Crippen molar-refractivity contribution in [2.45, 2.75) is 32.6 Å². The van der Waals surface area contributed by atoms with Gasteiger partial charge in [-0.15, -0.1) is 11.3 Å². The summed E-state index contributed by atoms with van der Waals surface area (Å²) in [6.45, 7) is 5.96. The lowest BCUT2D eigenvalue weighted by molar-refractivity contribution is 0.0438. The molecule has 4 nitrogen and oxygen atoms in total. The molecule has 104 valence electrons. The second kappa shape index (κ2) is 5.21. The number of hydrogen-bond acceptors (Lipinski definition) is 4. The van der Waals surface area contributed by atoms with E-state index in [2.05, 4.69) is 10.3 Å². The van der Waals surface area contributed by atoms with Gasteiger partial charge in [-0.05, 0) is 39.2 Å². The molecular weight excluding hydrogens is 258 g/mol. The molecule has 1 amide bonds. The summed E-state index contributed by atoms with van der Waals surface area (Å²) in [6, 6.07) is 0. The second-order valence-corrected chi connectivity index (χ2v) is 7.09. The van der Waals surface area contributed by atoms with Crippen LogP contribution in [-0.2, 0) is 0 Å². The number of hydrogen-bond donors (Lipinski definition) is 1. The van der Waals surface area contributed by atoms with Crippen LogP contribution in [0.15, 0.2) is 6.20 Å². The number of aryl methyl sites for hydroxylation is 1. The van der Waals surface area contributed by atoms with E-state index >= 15 is 0 Å². The van der Waals surface area contributed by atoms with Crippen molar-refractivity contribution in [3.63, 3.8) is 0 Å². The molecule has 1 atom stereocenters. The monoisotopic (exact) mass is 279 g/mol. The topological polar surface area (TPSA) is 45.2 Å². The first-order valence-electron chi connectivity index (χ1n) is 7.11. The maximum atomic E-state index is 12.5. The molecule has 0 saturated carbocycles. The number of nitrogens with one attached hydrogen (secondary N) is 1. The molecule has 1 unspecified atom stereocenters. The Morgan fingerprint density at radius 3 is 3.00 bits per heavy atom. The lowest BCUT2D eigenvalue weighted by atomic mass is 9.74. The Morgan fingerprint density at radius 1 is 1.47 bits per heavy atom. The van der Waals surface area contributed by atoms with Gasteiger partial charge in [0.25, 0.3) is 5.91 Å². The zero-order valence-corrected chi connectivity index (χ0v) is 12.3. The van der Waals surface area contributed by atoms with E-state index in [9.17, 15) is 4.79 Å². The molecule has 5 heteroatoms. The Balaban J connectivity index is 1.72. The Morgan fingerprint density at radius 2 is 2.32 bits per heavy atom. The quantitative estimate of drug-likeness (QED) is 0.856. The van der Waals surface area contributed by atoms with Gasteiger partial charge in [0.2, 0.25) is 0 Å². The van der Waals surface area contributed by atoms with E-state index in [-0.39, 0.29) is 5.91 Å². The molecule has 0 aliphatic carbocycles. The molecule has 0 aromatic carbocycles. The third-order valence-corrected chi connectivity index (χ3v) is 5.24. The highest BCUT2D eigenvalue weighted by Crippen LogP contribution is 2.36. The van der Waals surface area contributed by atoms with Crippen molar-refractivity contribution in [2.75, 3.05) is 26.2 Å². The molecule has 3 heterocycles. The zero-order chi connectivity index (χ0) is 13.3. The molecule has 1 aromatic rings. The predicted molar refractivity (Wildman–Crippen MR) is 76.5 cm³/mol. The predicted octanol–water partition coefficient (Wildman–Crippen LogP) is 2.06. The minimum atomic E-state index is 0.176. The zero-order valence-electron chi connectivity index (χ0n) is 11.4. The van der Waals surface area contributed by atoms with Crippen LogP contribution in [0.25, 0.3) is 0 Å². The molecule has 1 spiro atoms. The summed E-state index contributed by atoms with van der Waals surface area (Å²) in [7, 11) is 0. The average molecular weight is 279 g/mol. The van der Waals surface area contributed by atoms with Crippen molar-refractivity contribution in [1.82, 2.24) is 15.2 Å². The first kappa shape index (κ1) is 13.1. The van der Waals surface area contributed by atoms with E-state index in [1.807, 2.05) is 11.8 Å². The number of nitrogens with zero attached hydrogens (tertiary/aromatic N) is 2. The Labute approximate surface area is 118 Å². The van der Waals surface area contributed by atoms with Crippen LogP contribution in [0.4, 0.5) is 0 Å². The number of amides is 1. The van der Waals surface area contributed by atoms with Crippen LogP contribution in [0.3, 0.4) is 0 Å². The lowest BCUT2D eigenvalue weighted by Gasteiger charge is -2.45. The van der Waals surface area contributed by atoms with Crippen LogP contribution in [0, 0.1) is 12.3 Å². The van der Waals surface area contributed by atoms with Crippen LogP contribution in [0.5, 0.6) is 0 Å². The number of carbonyl (C=O) groups excluding carboxylic acids is 1. The highest BCUT2D eigenvalue weighted by atomic mass is 32.1. The molecule has 1 N–H and O–H groups in total. The molecule has 2 aliphatic heterocycles. The number of carbonyl (C=O) groups is 1. The molecule has 2 aliphatic rings. The van der Waals surface area contributed by atoms with E-state index < -0.39 is 0 Å². The smallest absolute Gasteiger partial charge is 0.265 e. The minimum Gasteiger partial charge on any atom is -0.337 e. The normalized spacial score (nSPS) is 27.7. The summed E-state index contributed by atoms with van der Waals surface area (Å²) >= 11 is 1.51. The first-order valence-corrected chi connectivity index (χ1v) is 7.93. The second-order valence-electron chi connectivity index (χ2n) is 5.85. The Hall–Kier alpha value is -0.940. The number of likely N-dealkylation sites (tertiary alicyclic amines) is 1. The number of aromatic nitrogens is 1. The maximum Gasteiger partial charge on any atom is 0.265 e. The van der Waals surface area contributed by atoms with Gasteiger partial charge < -0.3 is 10.2 Å².